The number of hydrogen-bond donors (Lipinski definition) is 2. The van der Waals surface area contributed by atoms with E-state index in [4.69, 9.17) is 0 Å². The van der Waals surface area contributed by atoms with Crippen molar-refractivity contribution in [3.8, 4) is 11.3 Å². The molecule has 0 spiro atoms. The largest absolute Gasteiger partial charge is 0.325 e. The van der Waals surface area contributed by atoms with Crippen LogP contribution in [0.5, 0.6) is 0 Å². The zero-order valence-corrected chi connectivity index (χ0v) is 17.5. The first-order chi connectivity index (χ1) is 11.6. The highest BCUT2D eigenvalue weighted by Crippen LogP contribution is 2.24. The Hall–Kier alpha value is -1.18. The Labute approximate surface area is 171 Å². The molecule has 1 aromatic heterocycles. The van der Waals surface area contributed by atoms with Crippen LogP contribution in [0.4, 0.5) is 5.69 Å². The monoisotopic (exact) mass is 416 g/mol. The molecule has 2 N–H and O–H groups in total. The molecule has 8 heteroatoms. The lowest BCUT2D eigenvalue weighted by Crippen LogP contribution is -2.46. The molecule has 2 heterocycles. The number of amides is 1. The van der Waals surface area contributed by atoms with Gasteiger partial charge in [0, 0.05) is 29.2 Å². The molecule has 1 fully saturated rings. The van der Waals surface area contributed by atoms with E-state index in [1.807, 2.05) is 43.6 Å². The number of piperidine rings is 1. The summed E-state index contributed by atoms with van der Waals surface area (Å²) < 4.78 is 0. The maximum Gasteiger partial charge on any atom is 0.238 e. The number of likely N-dealkylation sites (tertiary alicyclic amines) is 1. The Morgan fingerprint density at radius 2 is 2.19 bits per heavy atom. The Balaban J connectivity index is 0.00000169. The van der Waals surface area contributed by atoms with Crippen LogP contribution in [0.25, 0.3) is 11.3 Å². The highest BCUT2D eigenvalue weighted by Gasteiger charge is 2.20. The number of hydrogen-bond acceptors (Lipinski definition) is 5. The van der Waals surface area contributed by atoms with Gasteiger partial charge in [-0.3, -0.25) is 9.69 Å². The fourth-order valence-electron chi connectivity index (χ4n) is 3.09. The third-order valence-corrected chi connectivity index (χ3v) is 5.12. The van der Waals surface area contributed by atoms with Crippen LogP contribution < -0.4 is 10.6 Å². The first-order valence-electron chi connectivity index (χ1n) is 8.36. The number of halogens is 2. The number of carbonyl (C=O) groups excluding carboxylic acids is 1. The number of thiazole rings is 1. The van der Waals surface area contributed by atoms with E-state index in [9.17, 15) is 4.79 Å². The maximum absolute atomic E-state index is 12.3. The van der Waals surface area contributed by atoms with E-state index < -0.39 is 0 Å². The van der Waals surface area contributed by atoms with Crippen LogP contribution in [0.1, 0.15) is 17.8 Å². The van der Waals surface area contributed by atoms with Crippen molar-refractivity contribution in [3.63, 3.8) is 0 Å². The highest BCUT2D eigenvalue weighted by molar-refractivity contribution is 7.09. The zero-order chi connectivity index (χ0) is 16.9. The predicted octanol–water partition coefficient (Wildman–Crippen LogP) is 3.58. The third kappa shape index (κ3) is 6.21. The van der Waals surface area contributed by atoms with E-state index in [0.29, 0.717) is 12.6 Å². The van der Waals surface area contributed by atoms with Crippen molar-refractivity contribution in [2.24, 2.45) is 0 Å². The minimum Gasteiger partial charge on any atom is -0.325 e. The molecule has 1 aromatic carbocycles. The normalized spacial score (nSPS) is 17.1. The Morgan fingerprint density at radius 3 is 2.88 bits per heavy atom. The molecule has 1 aliphatic heterocycles. The summed E-state index contributed by atoms with van der Waals surface area (Å²) in [4.78, 5) is 19.1. The van der Waals surface area contributed by atoms with Crippen molar-refractivity contribution < 1.29 is 4.79 Å². The third-order valence-electron chi connectivity index (χ3n) is 4.34. The number of likely N-dealkylation sites (N-methyl/N-ethyl adjacent to an activating group) is 1. The van der Waals surface area contributed by atoms with E-state index in [1.165, 1.54) is 6.42 Å². The van der Waals surface area contributed by atoms with Crippen LogP contribution in [0.3, 0.4) is 0 Å². The van der Waals surface area contributed by atoms with E-state index in [2.05, 4.69) is 20.5 Å². The molecule has 2 aromatic rings. The van der Waals surface area contributed by atoms with Crippen LogP contribution in [0.2, 0.25) is 0 Å². The lowest BCUT2D eigenvalue weighted by molar-refractivity contribution is -0.117. The fourth-order valence-corrected chi connectivity index (χ4v) is 3.71. The lowest BCUT2D eigenvalue weighted by atomic mass is 10.1. The molecule has 1 amide bonds. The van der Waals surface area contributed by atoms with E-state index in [0.717, 1.165) is 41.5 Å². The molecule has 1 aliphatic rings. The van der Waals surface area contributed by atoms with E-state index >= 15 is 0 Å². The van der Waals surface area contributed by atoms with Gasteiger partial charge in [-0.25, -0.2) is 4.98 Å². The summed E-state index contributed by atoms with van der Waals surface area (Å²) in [5.41, 5.74) is 2.82. The van der Waals surface area contributed by atoms with Crippen molar-refractivity contribution in [2.75, 3.05) is 32.0 Å². The zero-order valence-electron chi connectivity index (χ0n) is 15.0. The van der Waals surface area contributed by atoms with Gasteiger partial charge in [-0.05, 0) is 45.5 Å². The van der Waals surface area contributed by atoms with Crippen LogP contribution in [-0.2, 0) is 4.79 Å². The van der Waals surface area contributed by atoms with Crippen LogP contribution in [0, 0.1) is 6.92 Å². The molecule has 1 saturated heterocycles. The average Bonchev–Trinajstić information content (AvgIpc) is 3.02. The number of carbonyl (C=O) groups is 1. The van der Waals surface area contributed by atoms with Gasteiger partial charge in [0.2, 0.25) is 5.91 Å². The van der Waals surface area contributed by atoms with Crippen molar-refractivity contribution in [1.82, 2.24) is 15.2 Å². The van der Waals surface area contributed by atoms with Crippen LogP contribution in [0.15, 0.2) is 29.6 Å². The van der Waals surface area contributed by atoms with E-state index in [-0.39, 0.29) is 30.7 Å². The van der Waals surface area contributed by atoms with Gasteiger partial charge in [-0.1, -0.05) is 12.1 Å². The number of aryl methyl sites for hydroxylation is 1. The number of anilines is 1. The van der Waals surface area contributed by atoms with Crippen molar-refractivity contribution in [2.45, 2.75) is 25.8 Å². The fraction of sp³-hybridized carbons (Fsp3) is 0.444. The lowest BCUT2D eigenvalue weighted by Gasteiger charge is -2.31. The molecule has 144 valence electrons. The molecule has 0 bridgehead atoms. The number of nitrogens with one attached hydrogen (secondary N) is 2. The van der Waals surface area contributed by atoms with Gasteiger partial charge in [0.1, 0.15) is 0 Å². The molecule has 0 aliphatic carbocycles. The first-order valence-corrected chi connectivity index (χ1v) is 9.24. The molecule has 1 unspecified atom stereocenters. The molecular formula is C18H26Cl2N4OS. The molecule has 5 nitrogen and oxygen atoms in total. The van der Waals surface area contributed by atoms with E-state index in [1.54, 1.807) is 11.3 Å². The molecule has 0 saturated carbocycles. The van der Waals surface area contributed by atoms with Gasteiger partial charge in [0.25, 0.3) is 0 Å². The molecule has 1 atom stereocenters. The SMILES string of the molecule is CNC1CCCN(CC(=O)Nc2cccc(-c3csc(C)n3)c2)C1.Cl.Cl. The molecular weight excluding hydrogens is 391 g/mol. The van der Waals surface area contributed by atoms with Gasteiger partial charge < -0.3 is 10.6 Å². The van der Waals surface area contributed by atoms with Gasteiger partial charge in [0.15, 0.2) is 0 Å². The topological polar surface area (TPSA) is 57.3 Å². The van der Waals surface area contributed by atoms with Gasteiger partial charge >= 0.3 is 0 Å². The minimum absolute atomic E-state index is 0. The van der Waals surface area contributed by atoms with Crippen molar-refractivity contribution in [3.05, 3.63) is 34.7 Å². The Kier molecular flexibility index (Phi) is 9.54. The average molecular weight is 417 g/mol. The number of nitrogens with zero attached hydrogens (tertiary/aromatic N) is 2. The second kappa shape index (κ2) is 10.8. The summed E-state index contributed by atoms with van der Waals surface area (Å²) in [6.45, 7) is 4.36. The summed E-state index contributed by atoms with van der Waals surface area (Å²) in [6.07, 6.45) is 2.32. The smallest absolute Gasteiger partial charge is 0.238 e. The van der Waals surface area contributed by atoms with Crippen LogP contribution >= 0.6 is 36.2 Å². The van der Waals surface area contributed by atoms with Crippen LogP contribution in [-0.4, -0.2) is 48.5 Å². The molecule has 26 heavy (non-hydrogen) atoms. The summed E-state index contributed by atoms with van der Waals surface area (Å²) in [5, 5.41) is 9.41. The second-order valence-electron chi connectivity index (χ2n) is 6.24. The Morgan fingerprint density at radius 1 is 1.38 bits per heavy atom. The molecule has 0 radical (unpaired) electrons. The summed E-state index contributed by atoms with van der Waals surface area (Å²) in [6, 6.07) is 8.37. The summed E-state index contributed by atoms with van der Waals surface area (Å²) in [5.74, 6) is 0.0401. The number of rotatable bonds is 5. The summed E-state index contributed by atoms with van der Waals surface area (Å²) in [7, 11) is 1.99. The minimum atomic E-state index is 0. The number of benzene rings is 1. The second-order valence-corrected chi connectivity index (χ2v) is 7.31. The molecule has 3 rings (SSSR count). The maximum atomic E-state index is 12.3. The number of aromatic nitrogens is 1. The Bertz CT molecular complexity index is 710. The highest BCUT2D eigenvalue weighted by atomic mass is 35.5. The van der Waals surface area contributed by atoms with Gasteiger partial charge in [-0.2, -0.15) is 0 Å². The van der Waals surface area contributed by atoms with Gasteiger partial charge in [0.05, 0.1) is 17.2 Å². The first kappa shape index (κ1) is 22.9. The quantitative estimate of drug-likeness (QED) is 0.781. The van der Waals surface area contributed by atoms with Crippen molar-refractivity contribution in [1.29, 1.82) is 0 Å². The van der Waals surface area contributed by atoms with Gasteiger partial charge in [-0.15, -0.1) is 36.2 Å². The van der Waals surface area contributed by atoms with Crippen molar-refractivity contribution >= 4 is 47.7 Å². The summed E-state index contributed by atoms with van der Waals surface area (Å²) >= 11 is 1.63. The predicted molar refractivity (Wildman–Crippen MR) is 114 cm³/mol. The standard InChI is InChI=1S/C18H24N4OS.2ClH/c1-13-20-17(12-24-13)14-5-3-6-15(9-14)21-18(23)11-22-8-4-7-16(10-22)19-2;;/h3,5-6,9,12,16,19H,4,7-8,10-11H2,1-2H3,(H,21,23);2*1H.